The Morgan fingerprint density at radius 1 is 1.24 bits per heavy atom. The van der Waals surface area contributed by atoms with Crippen LogP contribution in [0.3, 0.4) is 0 Å². The van der Waals surface area contributed by atoms with Crippen molar-refractivity contribution in [2.24, 2.45) is 0 Å². The zero-order chi connectivity index (χ0) is 18.3. The number of carbonyl (C=O) groups excluding carboxylic acids is 1. The first-order chi connectivity index (χ1) is 11.9. The van der Waals surface area contributed by atoms with Crippen LogP contribution in [0.5, 0.6) is 0 Å². The second-order valence-electron chi connectivity index (χ2n) is 5.60. The molecule has 1 unspecified atom stereocenters. The Balaban J connectivity index is 1.82. The summed E-state index contributed by atoms with van der Waals surface area (Å²) >= 11 is 1.59. The van der Waals surface area contributed by atoms with Crippen LogP contribution in [-0.4, -0.2) is 32.8 Å². The van der Waals surface area contributed by atoms with Crippen molar-refractivity contribution in [1.29, 1.82) is 0 Å². The van der Waals surface area contributed by atoms with Gasteiger partial charge in [0.05, 0.1) is 6.04 Å². The first-order valence-corrected chi connectivity index (χ1v) is 10.3. The third kappa shape index (κ3) is 6.12. The summed E-state index contributed by atoms with van der Waals surface area (Å²) in [7, 11) is -1.83. The molecule has 0 saturated heterocycles. The monoisotopic (exact) mass is 378 g/mol. The largest absolute Gasteiger partial charge is 0.338 e. The van der Waals surface area contributed by atoms with Crippen LogP contribution < -0.4 is 4.72 Å². The second-order valence-corrected chi connectivity index (χ2v) is 8.23. The predicted molar refractivity (Wildman–Crippen MR) is 103 cm³/mol. The highest BCUT2D eigenvalue weighted by molar-refractivity contribution is 7.92. The van der Waals surface area contributed by atoms with Gasteiger partial charge in [0, 0.05) is 30.3 Å². The fourth-order valence-electron chi connectivity index (χ4n) is 2.19. The topological polar surface area (TPSA) is 66.5 Å². The molecule has 0 fully saturated rings. The van der Waals surface area contributed by atoms with E-state index in [4.69, 9.17) is 0 Å². The van der Waals surface area contributed by atoms with E-state index in [1.54, 1.807) is 23.3 Å². The van der Waals surface area contributed by atoms with E-state index in [0.29, 0.717) is 0 Å². The summed E-state index contributed by atoms with van der Waals surface area (Å²) in [6.45, 7) is 2.03. The quantitative estimate of drug-likeness (QED) is 0.767. The minimum Gasteiger partial charge on any atom is -0.338 e. The Bertz CT molecular complexity index is 800. The first kappa shape index (κ1) is 19.4. The maximum atomic E-state index is 12.2. The van der Waals surface area contributed by atoms with Crippen LogP contribution in [0.2, 0.25) is 0 Å². The molecule has 1 atom stereocenters. The van der Waals surface area contributed by atoms with Crippen LogP contribution in [0.4, 0.5) is 0 Å². The Kier molecular flexibility index (Phi) is 6.92. The number of amides is 1. The number of sulfonamides is 1. The van der Waals surface area contributed by atoms with E-state index in [1.165, 1.54) is 6.08 Å². The van der Waals surface area contributed by atoms with Crippen LogP contribution in [0, 0.1) is 0 Å². The summed E-state index contributed by atoms with van der Waals surface area (Å²) in [6.07, 6.45) is 1.64. The lowest BCUT2D eigenvalue weighted by Crippen LogP contribution is -2.33. The van der Waals surface area contributed by atoms with Crippen molar-refractivity contribution in [2.75, 3.05) is 13.6 Å². The fraction of sp³-hybridized carbons (Fsp3) is 0.278. The Hall–Kier alpha value is -1.96. The predicted octanol–water partition coefficient (Wildman–Crippen LogP) is 3.25. The van der Waals surface area contributed by atoms with Gasteiger partial charge in [-0.05, 0) is 30.0 Å². The van der Waals surface area contributed by atoms with Gasteiger partial charge in [0.25, 0.3) is 0 Å². The van der Waals surface area contributed by atoms with E-state index in [0.717, 1.165) is 15.8 Å². The molecule has 0 saturated carbocycles. The smallest absolute Gasteiger partial charge is 0.233 e. The fourth-order valence-corrected chi connectivity index (χ4v) is 3.84. The molecule has 25 heavy (non-hydrogen) atoms. The summed E-state index contributed by atoms with van der Waals surface area (Å²) in [5.41, 5.74) is 0.799. The molecule has 0 aliphatic heterocycles. The molecule has 2 rings (SSSR count). The molecule has 2 aromatic rings. The van der Waals surface area contributed by atoms with Crippen LogP contribution in [0.15, 0.2) is 53.3 Å². The van der Waals surface area contributed by atoms with Crippen molar-refractivity contribution in [3.63, 3.8) is 0 Å². The molecule has 1 heterocycles. The highest BCUT2D eigenvalue weighted by Gasteiger charge is 2.18. The van der Waals surface area contributed by atoms with Crippen molar-refractivity contribution in [1.82, 2.24) is 9.62 Å². The van der Waals surface area contributed by atoms with Gasteiger partial charge in [0.2, 0.25) is 15.9 Å². The molecule has 1 amide bonds. The molecule has 1 N–H and O–H groups in total. The molecule has 1 aromatic carbocycles. The van der Waals surface area contributed by atoms with Crippen molar-refractivity contribution in [3.05, 3.63) is 63.7 Å². The Morgan fingerprint density at radius 3 is 2.60 bits per heavy atom. The third-order valence-corrected chi connectivity index (χ3v) is 5.95. The lowest BCUT2D eigenvalue weighted by atomic mass is 10.2. The molecular formula is C18H22N2O3S2. The maximum absolute atomic E-state index is 12.2. The number of hydrogen-bond donors (Lipinski definition) is 1. The zero-order valence-corrected chi connectivity index (χ0v) is 15.9. The molecule has 7 heteroatoms. The van der Waals surface area contributed by atoms with Gasteiger partial charge in [-0.15, -0.1) is 11.3 Å². The van der Waals surface area contributed by atoms with Gasteiger partial charge >= 0.3 is 0 Å². The van der Waals surface area contributed by atoms with Crippen molar-refractivity contribution in [3.8, 4) is 0 Å². The van der Waals surface area contributed by atoms with E-state index in [9.17, 15) is 13.2 Å². The highest BCUT2D eigenvalue weighted by atomic mass is 32.2. The summed E-state index contributed by atoms with van der Waals surface area (Å²) in [6, 6.07) is 13.1. The summed E-state index contributed by atoms with van der Waals surface area (Å²) < 4.78 is 26.3. The molecule has 0 aliphatic rings. The molecular weight excluding hydrogens is 356 g/mol. The van der Waals surface area contributed by atoms with E-state index in [1.807, 2.05) is 54.8 Å². The lowest BCUT2D eigenvalue weighted by molar-refractivity contribution is -0.131. The average Bonchev–Trinajstić information content (AvgIpc) is 3.14. The van der Waals surface area contributed by atoms with Crippen molar-refractivity contribution >= 4 is 33.3 Å². The van der Waals surface area contributed by atoms with E-state index in [2.05, 4.69) is 4.72 Å². The van der Waals surface area contributed by atoms with Crippen LogP contribution >= 0.6 is 11.3 Å². The number of nitrogens with zero attached hydrogens (tertiary/aromatic N) is 1. The van der Waals surface area contributed by atoms with Crippen LogP contribution in [-0.2, 0) is 14.8 Å². The lowest BCUT2D eigenvalue weighted by Gasteiger charge is -2.24. The summed E-state index contributed by atoms with van der Waals surface area (Å²) in [4.78, 5) is 15.0. The number of nitrogens with one attached hydrogen (secondary N) is 1. The highest BCUT2D eigenvalue weighted by Crippen LogP contribution is 2.23. The van der Waals surface area contributed by atoms with E-state index in [-0.39, 0.29) is 24.9 Å². The van der Waals surface area contributed by atoms with Crippen LogP contribution in [0.25, 0.3) is 6.08 Å². The normalized spacial score (nSPS) is 13.0. The van der Waals surface area contributed by atoms with Gasteiger partial charge in [-0.2, -0.15) is 0 Å². The SMILES string of the molecule is CC(c1cccs1)N(C)C(=O)CCNS(=O)(=O)C=Cc1ccccc1. The maximum Gasteiger partial charge on any atom is 0.233 e. The molecule has 134 valence electrons. The van der Waals surface area contributed by atoms with Crippen molar-refractivity contribution in [2.45, 2.75) is 19.4 Å². The number of thiophene rings is 1. The van der Waals surface area contributed by atoms with Gasteiger partial charge in [0.15, 0.2) is 0 Å². The Morgan fingerprint density at radius 2 is 1.96 bits per heavy atom. The standard InChI is InChI=1S/C18H22N2O3S2/c1-15(17-9-6-13-24-17)20(2)18(21)10-12-19-25(22,23)14-11-16-7-4-3-5-8-16/h3-9,11,13-15,19H,10,12H2,1-2H3. The van der Waals surface area contributed by atoms with Gasteiger partial charge in [-0.3, -0.25) is 4.79 Å². The minimum atomic E-state index is -3.56. The summed E-state index contributed by atoms with van der Waals surface area (Å²) in [5.74, 6) is -0.101. The van der Waals surface area contributed by atoms with Gasteiger partial charge in [0.1, 0.15) is 0 Å². The zero-order valence-electron chi connectivity index (χ0n) is 14.3. The third-order valence-electron chi connectivity index (χ3n) is 3.81. The molecule has 0 spiro atoms. The van der Waals surface area contributed by atoms with E-state index >= 15 is 0 Å². The number of carbonyl (C=O) groups is 1. The first-order valence-electron chi connectivity index (χ1n) is 7.91. The van der Waals surface area contributed by atoms with Gasteiger partial charge < -0.3 is 4.90 Å². The van der Waals surface area contributed by atoms with Crippen molar-refractivity contribution < 1.29 is 13.2 Å². The van der Waals surface area contributed by atoms with Gasteiger partial charge in [-0.25, -0.2) is 13.1 Å². The molecule has 1 aromatic heterocycles. The Labute approximate surface area is 153 Å². The molecule has 5 nitrogen and oxygen atoms in total. The molecule has 0 bridgehead atoms. The summed E-state index contributed by atoms with van der Waals surface area (Å²) in [5, 5.41) is 3.09. The average molecular weight is 379 g/mol. The minimum absolute atomic E-state index is 0.0258. The van der Waals surface area contributed by atoms with E-state index < -0.39 is 10.0 Å². The number of rotatable bonds is 8. The molecule has 0 aliphatic carbocycles. The number of benzene rings is 1. The van der Waals surface area contributed by atoms with Gasteiger partial charge in [-0.1, -0.05) is 36.4 Å². The molecule has 0 radical (unpaired) electrons. The van der Waals surface area contributed by atoms with Crippen LogP contribution in [0.1, 0.15) is 29.8 Å². The number of hydrogen-bond acceptors (Lipinski definition) is 4. The second kappa shape index (κ2) is 8.94.